The number of benzene rings is 2. The van der Waals surface area contributed by atoms with Crippen LogP contribution < -0.4 is 4.74 Å². The number of methoxy groups -OCH3 is 1. The number of non-ortho nitro benzene ring substituents is 1. The van der Waals surface area contributed by atoms with E-state index >= 15 is 0 Å². The number of carbonyl (C=O) groups is 1. The second-order valence-corrected chi connectivity index (χ2v) is 5.63. The summed E-state index contributed by atoms with van der Waals surface area (Å²) < 4.78 is 15.6. The molecule has 0 amide bonds. The summed E-state index contributed by atoms with van der Waals surface area (Å²) in [6, 6.07) is 10.5. The number of halogens is 1. The highest BCUT2D eigenvalue weighted by atomic mass is 35.5. The van der Waals surface area contributed by atoms with Crippen LogP contribution in [0.4, 0.5) is 5.69 Å². The van der Waals surface area contributed by atoms with Crippen molar-refractivity contribution >= 4 is 23.3 Å². The van der Waals surface area contributed by atoms with Crippen molar-refractivity contribution < 1.29 is 23.6 Å². The summed E-state index contributed by atoms with van der Waals surface area (Å²) in [4.78, 5) is 22.3. The second kappa shape index (κ2) is 7.83. The van der Waals surface area contributed by atoms with E-state index in [1.807, 2.05) is 0 Å². The smallest absolute Gasteiger partial charge is 0.340 e. The predicted molar refractivity (Wildman–Crippen MR) is 93.5 cm³/mol. The van der Waals surface area contributed by atoms with Crippen LogP contribution in [0.1, 0.15) is 16.2 Å². The number of nitrogens with zero attached hydrogens (tertiary/aromatic N) is 3. The Morgan fingerprint density at radius 2 is 1.96 bits per heavy atom. The van der Waals surface area contributed by atoms with E-state index in [1.165, 1.54) is 12.1 Å². The highest BCUT2D eigenvalue weighted by Gasteiger charge is 2.18. The van der Waals surface area contributed by atoms with E-state index in [9.17, 15) is 14.9 Å². The Morgan fingerprint density at radius 1 is 1.22 bits per heavy atom. The summed E-state index contributed by atoms with van der Waals surface area (Å²) in [6.45, 7) is -0.305. The lowest BCUT2D eigenvalue weighted by Crippen LogP contribution is -2.07. The van der Waals surface area contributed by atoms with E-state index in [2.05, 4.69) is 10.2 Å². The van der Waals surface area contributed by atoms with Crippen molar-refractivity contribution in [3.05, 3.63) is 69.1 Å². The Morgan fingerprint density at radius 3 is 2.63 bits per heavy atom. The van der Waals surface area contributed by atoms with Crippen LogP contribution in [0.2, 0.25) is 5.02 Å². The summed E-state index contributed by atoms with van der Waals surface area (Å²) in [5.74, 6) is 0.155. The number of ether oxygens (including phenoxy) is 2. The summed E-state index contributed by atoms with van der Waals surface area (Å²) in [7, 11) is 1.56. The molecule has 9 nitrogen and oxygen atoms in total. The molecule has 27 heavy (non-hydrogen) atoms. The maximum atomic E-state index is 12.1. The van der Waals surface area contributed by atoms with Gasteiger partial charge in [0, 0.05) is 17.7 Å². The molecular weight excluding hydrogens is 378 g/mol. The number of hydrogen-bond donors (Lipinski definition) is 0. The number of hydrogen-bond acceptors (Lipinski definition) is 8. The van der Waals surface area contributed by atoms with Crippen LogP contribution >= 0.6 is 11.6 Å². The van der Waals surface area contributed by atoms with E-state index in [1.54, 1.807) is 31.4 Å². The quantitative estimate of drug-likeness (QED) is 0.356. The zero-order valence-electron chi connectivity index (χ0n) is 13.9. The molecule has 1 heterocycles. The number of rotatable bonds is 6. The maximum absolute atomic E-state index is 12.1. The largest absolute Gasteiger partial charge is 0.497 e. The van der Waals surface area contributed by atoms with Gasteiger partial charge < -0.3 is 13.9 Å². The molecule has 0 saturated heterocycles. The minimum atomic E-state index is -0.840. The number of nitro benzene ring substituents is 1. The highest BCUT2D eigenvalue weighted by Crippen LogP contribution is 2.24. The fourth-order valence-electron chi connectivity index (χ4n) is 2.15. The summed E-state index contributed by atoms with van der Waals surface area (Å²) >= 11 is 5.90. The number of esters is 1. The molecule has 0 spiro atoms. The van der Waals surface area contributed by atoms with Gasteiger partial charge in [0.15, 0.2) is 6.61 Å². The Bertz CT molecular complexity index is 987. The van der Waals surface area contributed by atoms with E-state index in [4.69, 9.17) is 25.5 Å². The van der Waals surface area contributed by atoms with Crippen molar-refractivity contribution in [1.82, 2.24) is 10.2 Å². The normalized spacial score (nSPS) is 10.4. The molecule has 3 rings (SSSR count). The molecule has 3 aromatic rings. The summed E-state index contributed by atoms with van der Waals surface area (Å²) in [5, 5.41) is 18.5. The van der Waals surface area contributed by atoms with Gasteiger partial charge in [-0.2, -0.15) is 0 Å². The summed E-state index contributed by atoms with van der Waals surface area (Å²) in [5.41, 5.74) is 0.272. The lowest BCUT2D eigenvalue weighted by atomic mass is 10.2. The van der Waals surface area contributed by atoms with Crippen LogP contribution in [0.5, 0.6) is 5.75 Å². The van der Waals surface area contributed by atoms with E-state index < -0.39 is 10.9 Å². The van der Waals surface area contributed by atoms with Gasteiger partial charge in [0.2, 0.25) is 5.89 Å². The summed E-state index contributed by atoms with van der Waals surface area (Å²) in [6.07, 6.45) is 0. The third-order valence-electron chi connectivity index (χ3n) is 3.51. The van der Waals surface area contributed by atoms with Gasteiger partial charge in [-0.05, 0) is 30.3 Å². The van der Waals surface area contributed by atoms with Crippen molar-refractivity contribution in [2.45, 2.75) is 6.61 Å². The lowest BCUT2D eigenvalue weighted by molar-refractivity contribution is -0.384. The van der Waals surface area contributed by atoms with Gasteiger partial charge in [0.1, 0.15) is 5.75 Å². The van der Waals surface area contributed by atoms with Crippen LogP contribution in [0.25, 0.3) is 11.5 Å². The second-order valence-electron chi connectivity index (χ2n) is 5.23. The molecule has 0 aliphatic heterocycles. The highest BCUT2D eigenvalue weighted by molar-refractivity contribution is 6.33. The number of aromatic nitrogens is 2. The van der Waals surface area contributed by atoms with Crippen LogP contribution in [0, 0.1) is 10.1 Å². The SMILES string of the molecule is COc1ccc(-c2nnc(COC(=O)c3cc([N+](=O)[O-])ccc3Cl)o2)cc1. The monoisotopic (exact) mass is 389 g/mol. The molecule has 0 aliphatic carbocycles. The van der Waals surface area contributed by atoms with E-state index in [-0.39, 0.29) is 34.7 Å². The Balaban J connectivity index is 1.68. The van der Waals surface area contributed by atoms with Crippen molar-refractivity contribution in [3.63, 3.8) is 0 Å². The molecule has 0 atom stereocenters. The van der Waals surface area contributed by atoms with Crippen LogP contribution in [-0.4, -0.2) is 28.2 Å². The predicted octanol–water partition coefficient (Wildman–Crippen LogP) is 3.66. The molecule has 0 aliphatic rings. The molecule has 1 aromatic heterocycles. The Hall–Kier alpha value is -3.46. The first-order valence-corrected chi connectivity index (χ1v) is 7.93. The molecule has 138 valence electrons. The average Bonchev–Trinajstić information content (AvgIpc) is 3.15. The number of carbonyl (C=O) groups excluding carboxylic acids is 1. The lowest BCUT2D eigenvalue weighted by Gasteiger charge is -2.04. The van der Waals surface area contributed by atoms with Crippen molar-refractivity contribution in [3.8, 4) is 17.2 Å². The fraction of sp³-hybridized carbons (Fsp3) is 0.118. The Kier molecular flexibility index (Phi) is 5.32. The van der Waals surface area contributed by atoms with Gasteiger partial charge >= 0.3 is 5.97 Å². The van der Waals surface area contributed by atoms with Crippen LogP contribution in [0.15, 0.2) is 46.9 Å². The zero-order valence-corrected chi connectivity index (χ0v) is 14.7. The minimum Gasteiger partial charge on any atom is -0.497 e. The first-order chi connectivity index (χ1) is 13.0. The maximum Gasteiger partial charge on any atom is 0.340 e. The van der Waals surface area contributed by atoms with Gasteiger partial charge in [0.05, 0.1) is 22.6 Å². The molecule has 0 unspecified atom stereocenters. The van der Waals surface area contributed by atoms with Crippen molar-refractivity contribution in [2.75, 3.05) is 7.11 Å². The van der Waals surface area contributed by atoms with Crippen LogP contribution in [-0.2, 0) is 11.3 Å². The molecule has 0 saturated carbocycles. The zero-order chi connectivity index (χ0) is 19.4. The third-order valence-corrected chi connectivity index (χ3v) is 3.84. The van der Waals surface area contributed by atoms with Crippen LogP contribution in [0.3, 0.4) is 0 Å². The topological polar surface area (TPSA) is 118 Å². The Labute approximate surface area is 157 Å². The average molecular weight is 390 g/mol. The van der Waals surface area contributed by atoms with Crippen molar-refractivity contribution in [1.29, 1.82) is 0 Å². The molecule has 0 radical (unpaired) electrons. The standard InChI is InChI=1S/C17H12ClN3O6/c1-25-12-5-2-10(3-6-12)16-20-19-15(27-16)9-26-17(22)13-8-11(21(23)24)4-7-14(13)18/h2-8H,9H2,1H3. The van der Waals surface area contributed by atoms with Gasteiger partial charge in [-0.15, -0.1) is 10.2 Å². The number of nitro groups is 1. The minimum absolute atomic E-state index is 0.0371. The molecule has 2 aromatic carbocycles. The third kappa shape index (κ3) is 4.21. The molecule has 0 bridgehead atoms. The molecular formula is C17H12ClN3O6. The first-order valence-electron chi connectivity index (χ1n) is 7.56. The van der Waals surface area contributed by atoms with Gasteiger partial charge in [-0.25, -0.2) is 4.79 Å². The molecule has 0 fully saturated rings. The van der Waals surface area contributed by atoms with E-state index in [0.717, 1.165) is 6.07 Å². The molecule has 0 N–H and O–H groups in total. The first kappa shape index (κ1) is 18.3. The van der Waals surface area contributed by atoms with Gasteiger partial charge in [-0.3, -0.25) is 10.1 Å². The molecule has 10 heteroatoms. The fourth-order valence-corrected chi connectivity index (χ4v) is 2.35. The van der Waals surface area contributed by atoms with E-state index in [0.29, 0.717) is 11.3 Å². The van der Waals surface area contributed by atoms with Crippen molar-refractivity contribution in [2.24, 2.45) is 0 Å². The van der Waals surface area contributed by atoms with Gasteiger partial charge in [-0.1, -0.05) is 11.6 Å². The van der Waals surface area contributed by atoms with Gasteiger partial charge in [0.25, 0.3) is 11.6 Å².